The minimum absolute atomic E-state index is 0.317. The zero-order valence-electron chi connectivity index (χ0n) is 12.3. The monoisotopic (exact) mass is 276 g/mol. The lowest BCUT2D eigenvalue weighted by Crippen LogP contribution is -2.16. The molecule has 0 radical (unpaired) electrons. The molecule has 0 spiro atoms. The molecule has 0 atom stereocenters. The highest BCUT2D eigenvalue weighted by Crippen LogP contribution is 2.17. The van der Waals surface area contributed by atoms with Gasteiger partial charge in [0.1, 0.15) is 5.82 Å². The second-order valence-corrected chi connectivity index (χ2v) is 4.66. The summed E-state index contributed by atoms with van der Waals surface area (Å²) in [7, 11) is 0. The van der Waals surface area contributed by atoms with Gasteiger partial charge in [-0.15, -0.1) is 0 Å². The van der Waals surface area contributed by atoms with Crippen molar-refractivity contribution < 1.29 is 4.39 Å². The molecular formula is C15H21FN4. The van der Waals surface area contributed by atoms with Crippen molar-refractivity contribution in [3.05, 3.63) is 41.1 Å². The Kier molecular flexibility index (Phi) is 4.84. The molecule has 0 saturated heterocycles. The van der Waals surface area contributed by atoms with Gasteiger partial charge >= 0.3 is 0 Å². The van der Waals surface area contributed by atoms with E-state index < -0.39 is 0 Å². The molecule has 0 aliphatic heterocycles. The minimum Gasteiger partial charge on any atom is -0.313 e. The van der Waals surface area contributed by atoms with E-state index in [2.05, 4.69) is 35.3 Å². The number of nitrogens with one attached hydrogen (secondary N) is 1. The van der Waals surface area contributed by atoms with Crippen molar-refractivity contribution in [2.45, 2.75) is 40.2 Å². The van der Waals surface area contributed by atoms with Crippen LogP contribution in [-0.4, -0.2) is 21.3 Å². The molecule has 108 valence electrons. The number of hydrogen-bond donors (Lipinski definition) is 1. The van der Waals surface area contributed by atoms with Crippen LogP contribution in [0.4, 0.5) is 4.39 Å². The number of hydrogen-bond acceptors (Lipinski definition) is 3. The molecule has 0 aromatic carbocycles. The van der Waals surface area contributed by atoms with Crippen LogP contribution >= 0.6 is 0 Å². The molecule has 1 N–H and O–H groups in total. The Morgan fingerprint density at radius 2 is 2.00 bits per heavy atom. The van der Waals surface area contributed by atoms with Crippen molar-refractivity contribution in [1.82, 2.24) is 20.1 Å². The standard InChI is InChI=1S/C15H21FN4/c1-4-13-8-14(5-2)20(19-13)15-11(9-17-6-3)7-12(16)10-18-15/h7-8,10,17H,4-6,9H2,1-3H3. The van der Waals surface area contributed by atoms with E-state index in [1.165, 1.54) is 12.3 Å². The molecule has 0 amide bonds. The van der Waals surface area contributed by atoms with Crippen LogP contribution in [0.2, 0.25) is 0 Å². The molecule has 0 unspecified atom stereocenters. The van der Waals surface area contributed by atoms with E-state index in [1.807, 2.05) is 11.6 Å². The second-order valence-electron chi connectivity index (χ2n) is 4.66. The lowest BCUT2D eigenvalue weighted by atomic mass is 10.2. The summed E-state index contributed by atoms with van der Waals surface area (Å²) in [5.41, 5.74) is 2.95. The maximum Gasteiger partial charge on any atom is 0.158 e. The summed E-state index contributed by atoms with van der Waals surface area (Å²) in [6, 6.07) is 3.61. The third-order valence-corrected chi connectivity index (χ3v) is 3.23. The first-order valence-electron chi connectivity index (χ1n) is 7.12. The first-order valence-corrected chi connectivity index (χ1v) is 7.12. The topological polar surface area (TPSA) is 42.7 Å². The molecule has 2 aromatic rings. The Bertz CT molecular complexity index is 577. The Balaban J connectivity index is 2.47. The largest absolute Gasteiger partial charge is 0.313 e. The van der Waals surface area contributed by atoms with Gasteiger partial charge in [-0.3, -0.25) is 0 Å². The number of aromatic nitrogens is 3. The van der Waals surface area contributed by atoms with Crippen molar-refractivity contribution in [1.29, 1.82) is 0 Å². The summed E-state index contributed by atoms with van der Waals surface area (Å²) in [5, 5.41) is 7.78. The Morgan fingerprint density at radius 3 is 2.65 bits per heavy atom. The number of nitrogens with zero attached hydrogens (tertiary/aromatic N) is 3. The molecule has 2 heterocycles. The molecule has 20 heavy (non-hydrogen) atoms. The summed E-state index contributed by atoms with van der Waals surface area (Å²) in [4.78, 5) is 4.24. The van der Waals surface area contributed by atoms with E-state index in [9.17, 15) is 4.39 Å². The molecule has 0 saturated carbocycles. The molecule has 0 bridgehead atoms. The third-order valence-electron chi connectivity index (χ3n) is 3.23. The van der Waals surface area contributed by atoms with Gasteiger partial charge in [0.05, 0.1) is 11.9 Å². The van der Waals surface area contributed by atoms with Crippen molar-refractivity contribution in [2.24, 2.45) is 0 Å². The van der Waals surface area contributed by atoms with Gasteiger partial charge in [0, 0.05) is 17.8 Å². The molecule has 5 heteroatoms. The zero-order chi connectivity index (χ0) is 14.5. The molecule has 0 aliphatic rings. The molecule has 4 nitrogen and oxygen atoms in total. The first-order chi connectivity index (χ1) is 9.69. The Labute approximate surface area is 119 Å². The smallest absolute Gasteiger partial charge is 0.158 e. The zero-order valence-corrected chi connectivity index (χ0v) is 12.3. The van der Waals surface area contributed by atoms with Gasteiger partial charge in [0.2, 0.25) is 0 Å². The fourth-order valence-electron chi connectivity index (χ4n) is 2.14. The van der Waals surface area contributed by atoms with Crippen LogP contribution in [0.3, 0.4) is 0 Å². The van der Waals surface area contributed by atoms with E-state index >= 15 is 0 Å². The third kappa shape index (κ3) is 3.04. The van der Waals surface area contributed by atoms with E-state index in [0.29, 0.717) is 12.4 Å². The van der Waals surface area contributed by atoms with Gasteiger partial charge in [-0.2, -0.15) is 5.10 Å². The lowest BCUT2D eigenvalue weighted by molar-refractivity contribution is 0.608. The fourth-order valence-corrected chi connectivity index (χ4v) is 2.14. The van der Waals surface area contributed by atoms with Gasteiger partial charge in [-0.1, -0.05) is 20.8 Å². The van der Waals surface area contributed by atoms with Crippen molar-refractivity contribution in [3.8, 4) is 5.82 Å². The summed E-state index contributed by atoms with van der Waals surface area (Å²) >= 11 is 0. The quantitative estimate of drug-likeness (QED) is 0.882. The number of aryl methyl sites for hydroxylation is 2. The predicted molar refractivity (Wildman–Crippen MR) is 77.5 cm³/mol. The van der Waals surface area contributed by atoms with Crippen LogP contribution in [0.15, 0.2) is 18.3 Å². The average Bonchev–Trinajstić information content (AvgIpc) is 2.88. The van der Waals surface area contributed by atoms with Crippen LogP contribution in [0.25, 0.3) is 5.82 Å². The molecule has 2 rings (SSSR count). The number of halogens is 1. The van der Waals surface area contributed by atoms with Crippen LogP contribution in [-0.2, 0) is 19.4 Å². The van der Waals surface area contributed by atoms with Crippen LogP contribution in [0, 0.1) is 5.82 Å². The highest BCUT2D eigenvalue weighted by molar-refractivity contribution is 5.35. The lowest BCUT2D eigenvalue weighted by Gasteiger charge is -2.11. The molecular weight excluding hydrogens is 255 g/mol. The van der Waals surface area contributed by atoms with Gasteiger partial charge in [-0.25, -0.2) is 14.1 Å². The Hall–Kier alpha value is -1.75. The normalized spacial score (nSPS) is 11.0. The molecule has 0 aliphatic carbocycles. The minimum atomic E-state index is -0.317. The van der Waals surface area contributed by atoms with E-state index in [0.717, 1.165) is 36.3 Å². The van der Waals surface area contributed by atoms with Crippen LogP contribution < -0.4 is 5.32 Å². The molecule has 2 aromatic heterocycles. The summed E-state index contributed by atoms with van der Waals surface area (Å²) < 4.78 is 15.3. The van der Waals surface area contributed by atoms with Gasteiger partial charge < -0.3 is 5.32 Å². The number of rotatable bonds is 6. The van der Waals surface area contributed by atoms with Crippen LogP contribution in [0.1, 0.15) is 37.7 Å². The molecule has 0 fully saturated rings. The van der Waals surface area contributed by atoms with Crippen molar-refractivity contribution in [3.63, 3.8) is 0 Å². The first kappa shape index (κ1) is 14.7. The maximum atomic E-state index is 13.4. The van der Waals surface area contributed by atoms with E-state index in [-0.39, 0.29) is 5.82 Å². The van der Waals surface area contributed by atoms with Crippen LogP contribution in [0.5, 0.6) is 0 Å². The average molecular weight is 276 g/mol. The van der Waals surface area contributed by atoms with E-state index in [4.69, 9.17) is 0 Å². The Morgan fingerprint density at radius 1 is 1.20 bits per heavy atom. The SMILES string of the molecule is CCNCc1cc(F)cnc1-n1nc(CC)cc1CC. The van der Waals surface area contributed by atoms with Crippen molar-refractivity contribution in [2.75, 3.05) is 6.54 Å². The maximum absolute atomic E-state index is 13.4. The highest BCUT2D eigenvalue weighted by atomic mass is 19.1. The van der Waals surface area contributed by atoms with Gasteiger partial charge in [0.15, 0.2) is 5.82 Å². The van der Waals surface area contributed by atoms with Gasteiger partial charge in [0.25, 0.3) is 0 Å². The summed E-state index contributed by atoms with van der Waals surface area (Å²) in [6.07, 6.45) is 2.99. The number of pyridine rings is 1. The fraction of sp³-hybridized carbons (Fsp3) is 0.467. The second kappa shape index (κ2) is 6.61. The highest BCUT2D eigenvalue weighted by Gasteiger charge is 2.13. The summed E-state index contributed by atoms with van der Waals surface area (Å²) in [5.74, 6) is 0.395. The predicted octanol–water partition coefficient (Wildman–Crippen LogP) is 2.64. The van der Waals surface area contributed by atoms with E-state index in [1.54, 1.807) is 0 Å². The summed E-state index contributed by atoms with van der Waals surface area (Å²) in [6.45, 7) is 7.59. The van der Waals surface area contributed by atoms with Crippen molar-refractivity contribution >= 4 is 0 Å². The van der Waals surface area contributed by atoms with Gasteiger partial charge in [-0.05, 0) is 31.5 Å².